The predicted octanol–water partition coefficient (Wildman–Crippen LogP) is 3.29. The molecule has 0 spiro atoms. The average Bonchev–Trinajstić information content (AvgIpc) is 2.86. The minimum Gasteiger partial charge on any atom is -0.449 e. The molecule has 1 heterocycles. The van der Waals surface area contributed by atoms with Crippen molar-refractivity contribution in [3.05, 3.63) is 36.4 Å². The van der Waals surface area contributed by atoms with Gasteiger partial charge in [-0.05, 0) is 30.5 Å². The van der Waals surface area contributed by atoms with Crippen molar-refractivity contribution in [1.29, 1.82) is 0 Å². The summed E-state index contributed by atoms with van der Waals surface area (Å²) in [5.74, 6) is 1.77. The fourth-order valence-corrected chi connectivity index (χ4v) is 2.10. The number of rotatable bonds is 6. The van der Waals surface area contributed by atoms with E-state index in [0.29, 0.717) is 24.3 Å². The van der Waals surface area contributed by atoms with Gasteiger partial charge in [-0.25, -0.2) is 4.98 Å². The Morgan fingerprint density at radius 2 is 1.95 bits per heavy atom. The maximum atomic E-state index is 5.78. The van der Waals surface area contributed by atoms with Gasteiger partial charge in [0.25, 0.3) is 0 Å². The number of benzene rings is 1. The van der Waals surface area contributed by atoms with Gasteiger partial charge in [-0.1, -0.05) is 26.0 Å². The van der Waals surface area contributed by atoms with Crippen LogP contribution in [0, 0.1) is 18.8 Å². The molecule has 0 amide bonds. The second kappa shape index (κ2) is 6.57. The van der Waals surface area contributed by atoms with E-state index in [0.717, 1.165) is 23.5 Å². The second-order valence-corrected chi connectivity index (χ2v) is 5.45. The molecule has 0 radical (unpaired) electrons. The molecule has 108 valence electrons. The molecule has 0 aliphatic heterocycles. The Balaban J connectivity index is 1.98. The van der Waals surface area contributed by atoms with Gasteiger partial charge in [-0.2, -0.15) is 0 Å². The molecule has 2 rings (SSSR count). The molecule has 20 heavy (non-hydrogen) atoms. The molecule has 0 saturated heterocycles. The number of anilines is 1. The van der Waals surface area contributed by atoms with Crippen molar-refractivity contribution in [1.82, 2.24) is 4.98 Å². The van der Waals surface area contributed by atoms with E-state index in [9.17, 15) is 0 Å². The number of aryl methyl sites for hydroxylation is 1. The second-order valence-electron chi connectivity index (χ2n) is 5.45. The molecule has 4 nitrogen and oxygen atoms in total. The molecule has 2 aromatic rings. The number of aromatic nitrogens is 1. The number of nitrogens with two attached hydrogens (primary N) is 1. The summed E-state index contributed by atoms with van der Waals surface area (Å²) < 4.78 is 5.23. The van der Waals surface area contributed by atoms with Crippen LogP contribution in [0.3, 0.4) is 0 Å². The third-order valence-corrected chi connectivity index (χ3v) is 3.61. The van der Waals surface area contributed by atoms with Crippen LogP contribution in [0.25, 0.3) is 11.3 Å². The largest absolute Gasteiger partial charge is 0.449 e. The molecular formula is C16H23N3O. The van der Waals surface area contributed by atoms with Gasteiger partial charge in [0.15, 0.2) is 5.89 Å². The normalized spacial score (nSPS) is 12.7. The predicted molar refractivity (Wildman–Crippen MR) is 82.5 cm³/mol. The van der Waals surface area contributed by atoms with Crippen LogP contribution in [0.1, 0.15) is 19.7 Å². The van der Waals surface area contributed by atoms with Crippen molar-refractivity contribution < 1.29 is 4.42 Å². The zero-order valence-corrected chi connectivity index (χ0v) is 12.4. The van der Waals surface area contributed by atoms with E-state index >= 15 is 0 Å². The van der Waals surface area contributed by atoms with E-state index in [1.165, 1.54) is 0 Å². The maximum absolute atomic E-state index is 5.78. The van der Waals surface area contributed by atoms with E-state index in [4.69, 9.17) is 10.2 Å². The van der Waals surface area contributed by atoms with E-state index in [1.807, 2.05) is 19.1 Å². The Kier molecular flexibility index (Phi) is 4.79. The molecule has 1 aromatic heterocycles. The number of nitrogens with zero attached hydrogens (tertiary/aromatic N) is 1. The topological polar surface area (TPSA) is 64.1 Å². The van der Waals surface area contributed by atoms with Gasteiger partial charge in [-0.15, -0.1) is 0 Å². The van der Waals surface area contributed by atoms with Crippen molar-refractivity contribution in [3.63, 3.8) is 0 Å². The lowest BCUT2D eigenvalue weighted by Gasteiger charge is -2.20. The summed E-state index contributed by atoms with van der Waals surface area (Å²) >= 11 is 0. The summed E-state index contributed by atoms with van der Waals surface area (Å²) in [7, 11) is 0. The lowest BCUT2D eigenvalue weighted by atomic mass is 9.96. The minimum absolute atomic E-state index is 0.493. The van der Waals surface area contributed by atoms with Crippen molar-refractivity contribution in [2.75, 3.05) is 18.4 Å². The molecule has 1 atom stereocenters. The highest BCUT2D eigenvalue weighted by atomic mass is 16.3. The maximum Gasteiger partial charge on any atom is 0.191 e. The molecular weight excluding hydrogens is 250 g/mol. The smallest absolute Gasteiger partial charge is 0.191 e. The fraction of sp³-hybridized carbons (Fsp3) is 0.438. The van der Waals surface area contributed by atoms with Gasteiger partial charge in [-0.3, -0.25) is 0 Å². The van der Waals surface area contributed by atoms with Crippen LogP contribution in [0.15, 0.2) is 34.9 Å². The number of nitrogens with one attached hydrogen (secondary N) is 1. The molecule has 0 fully saturated rings. The van der Waals surface area contributed by atoms with Gasteiger partial charge in [0.1, 0.15) is 12.0 Å². The van der Waals surface area contributed by atoms with Crippen LogP contribution in [0.2, 0.25) is 0 Å². The SMILES string of the molecule is Cc1nc(-c2ccc(NCC(CN)C(C)C)cc2)co1. The first kappa shape index (κ1) is 14.6. The van der Waals surface area contributed by atoms with Crippen LogP contribution in [-0.2, 0) is 0 Å². The summed E-state index contributed by atoms with van der Waals surface area (Å²) in [5.41, 5.74) is 8.82. The quantitative estimate of drug-likeness (QED) is 0.847. The molecule has 4 heteroatoms. The van der Waals surface area contributed by atoms with Crippen molar-refractivity contribution >= 4 is 5.69 Å². The molecule has 3 N–H and O–H groups in total. The molecule has 1 aromatic carbocycles. The molecule has 1 unspecified atom stereocenters. The summed E-state index contributed by atoms with van der Waals surface area (Å²) in [6, 6.07) is 8.22. The highest BCUT2D eigenvalue weighted by Crippen LogP contribution is 2.21. The van der Waals surface area contributed by atoms with Crippen LogP contribution in [0.4, 0.5) is 5.69 Å². The monoisotopic (exact) mass is 273 g/mol. The Hall–Kier alpha value is -1.81. The number of oxazole rings is 1. The Labute approximate surface area is 120 Å². The summed E-state index contributed by atoms with van der Waals surface area (Å²) in [6.07, 6.45) is 1.68. The molecule has 0 saturated carbocycles. The first-order chi connectivity index (χ1) is 9.60. The molecule has 0 aliphatic carbocycles. The van der Waals surface area contributed by atoms with E-state index in [2.05, 4.69) is 36.3 Å². The average molecular weight is 273 g/mol. The highest BCUT2D eigenvalue weighted by Gasteiger charge is 2.11. The van der Waals surface area contributed by atoms with Gasteiger partial charge >= 0.3 is 0 Å². The number of hydrogen-bond acceptors (Lipinski definition) is 4. The first-order valence-electron chi connectivity index (χ1n) is 7.06. The van der Waals surface area contributed by atoms with E-state index in [1.54, 1.807) is 6.26 Å². The molecule has 0 bridgehead atoms. The van der Waals surface area contributed by atoms with Crippen LogP contribution < -0.4 is 11.1 Å². The van der Waals surface area contributed by atoms with E-state index in [-0.39, 0.29) is 0 Å². The van der Waals surface area contributed by atoms with Crippen LogP contribution in [0.5, 0.6) is 0 Å². The van der Waals surface area contributed by atoms with Crippen molar-refractivity contribution in [2.24, 2.45) is 17.6 Å². The van der Waals surface area contributed by atoms with Crippen molar-refractivity contribution in [3.8, 4) is 11.3 Å². The Bertz CT molecular complexity index is 531. The van der Waals surface area contributed by atoms with Gasteiger partial charge < -0.3 is 15.5 Å². The zero-order valence-electron chi connectivity index (χ0n) is 12.4. The van der Waals surface area contributed by atoms with Gasteiger partial charge in [0.05, 0.1) is 0 Å². The van der Waals surface area contributed by atoms with E-state index < -0.39 is 0 Å². The fourth-order valence-electron chi connectivity index (χ4n) is 2.10. The lowest BCUT2D eigenvalue weighted by molar-refractivity contribution is 0.413. The molecule has 0 aliphatic rings. The summed E-state index contributed by atoms with van der Waals surface area (Å²) in [6.45, 7) is 7.86. The van der Waals surface area contributed by atoms with Crippen LogP contribution in [-0.4, -0.2) is 18.1 Å². The standard InChI is InChI=1S/C16H23N3O/c1-11(2)14(8-17)9-18-15-6-4-13(5-7-15)16-10-20-12(3)19-16/h4-7,10-11,14,18H,8-9,17H2,1-3H3. The third-order valence-electron chi connectivity index (χ3n) is 3.61. The van der Waals surface area contributed by atoms with Crippen molar-refractivity contribution in [2.45, 2.75) is 20.8 Å². The minimum atomic E-state index is 0.493. The summed E-state index contributed by atoms with van der Waals surface area (Å²) in [5, 5.41) is 3.44. The lowest BCUT2D eigenvalue weighted by Crippen LogP contribution is -2.27. The first-order valence-corrected chi connectivity index (χ1v) is 7.06. The highest BCUT2D eigenvalue weighted by molar-refractivity contribution is 5.61. The zero-order chi connectivity index (χ0) is 14.5. The van der Waals surface area contributed by atoms with Crippen LogP contribution >= 0.6 is 0 Å². The summed E-state index contributed by atoms with van der Waals surface area (Å²) in [4.78, 5) is 4.32. The van der Waals surface area contributed by atoms with Gasteiger partial charge in [0, 0.05) is 24.7 Å². The third kappa shape index (κ3) is 3.61. The number of hydrogen-bond donors (Lipinski definition) is 2. The Morgan fingerprint density at radius 1 is 1.25 bits per heavy atom. The van der Waals surface area contributed by atoms with Gasteiger partial charge in [0.2, 0.25) is 0 Å². The Morgan fingerprint density at radius 3 is 2.45 bits per heavy atom.